The number of nitrogens with one attached hydrogen (secondary N) is 2. The fourth-order valence-electron chi connectivity index (χ4n) is 4.75. The standard InChI is InChI=1S/C29H29FN4O2/c1-18-25(15-20(16-26(18)30)29(35)33-23-6-7-23)19-5-12-27-21(14-19)17-31-34(27)24-10-8-22(9-11-24)32-28-4-2-3-13-36-28/h5,8-12,14-17,23,28,32H,2-4,6-7,13H2,1H3,(H,33,35). The summed E-state index contributed by atoms with van der Waals surface area (Å²) >= 11 is 0. The number of anilines is 1. The summed E-state index contributed by atoms with van der Waals surface area (Å²) in [5, 5.41) is 11.9. The van der Waals surface area contributed by atoms with Gasteiger partial charge in [-0.1, -0.05) is 6.07 Å². The number of halogens is 1. The lowest BCUT2D eigenvalue weighted by Gasteiger charge is -2.24. The van der Waals surface area contributed by atoms with Gasteiger partial charge in [-0.05, 0) is 104 Å². The van der Waals surface area contributed by atoms with Crippen LogP contribution in [0.1, 0.15) is 48.0 Å². The topological polar surface area (TPSA) is 68.2 Å². The Kier molecular flexibility index (Phi) is 5.93. The maximum atomic E-state index is 14.7. The molecule has 3 aromatic carbocycles. The van der Waals surface area contributed by atoms with Crippen molar-refractivity contribution in [1.82, 2.24) is 15.1 Å². The molecule has 1 saturated heterocycles. The van der Waals surface area contributed by atoms with Crippen LogP contribution in [0.25, 0.3) is 27.7 Å². The molecule has 2 N–H and O–H groups in total. The average molecular weight is 485 g/mol. The number of nitrogens with zero attached hydrogens (tertiary/aromatic N) is 2. The highest BCUT2D eigenvalue weighted by Gasteiger charge is 2.24. The van der Waals surface area contributed by atoms with Crippen molar-refractivity contribution in [2.45, 2.75) is 51.3 Å². The van der Waals surface area contributed by atoms with Gasteiger partial charge in [0.25, 0.3) is 5.91 Å². The maximum absolute atomic E-state index is 14.7. The van der Waals surface area contributed by atoms with E-state index in [0.717, 1.165) is 60.1 Å². The predicted molar refractivity (Wildman–Crippen MR) is 139 cm³/mol. The van der Waals surface area contributed by atoms with Crippen molar-refractivity contribution in [1.29, 1.82) is 0 Å². The molecule has 1 aliphatic carbocycles. The Labute approximate surface area is 209 Å². The lowest BCUT2D eigenvalue weighted by Crippen LogP contribution is -2.27. The number of fused-ring (bicyclic) bond motifs is 1. The third-order valence-corrected chi connectivity index (χ3v) is 7.02. The van der Waals surface area contributed by atoms with Crippen molar-refractivity contribution in [3.8, 4) is 16.8 Å². The van der Waals surface area contributed by atoms with E-state index in [9.17, 15) is 9.18 Å². The summed E-state index contributed by atoms with van der Waals surface area (Å²) in [6.45, 7) is 2.55. The number of carbonyl (C=O) groups is 1. The fourth-order valence-corrected chi connectivity index (χ4v) is 4.75. The molecule has 0 bridgehead atoms. The van der Waals surface area contributed by atoms with Crippen LogP contribution in [-0.2, 0) is 4.74 Å². The van der Waals surface area contributed by atoms with Gasteiger partial charge in [-0.3, -0.25) is 4.79 Å². The van der Waals surface area contributed by atoms with Gasteiger partial charge in [-0.15, -0.1) is 0 Å². The summed E-state index contributed by atoms with van der Waals surface area (Å²) in [5.41, 5.74) is 5.37. The first-order valence-electron chi connectivity index (χ1n) is 12.6. The molecule has 6 nitrogen and oxygen atoms in total. The Balaban J connectivity index is 1.27. The lowest BCUT2D eigenvalue weighted by atomic mass is 9.96. The van der Waals surface area contributed by atoms with Gasteiger partial charge in [0.1, 0.15) is 12.0 Å². The summed E-state index contributed by atoms with van der Waals surface area (Å²) in [4.78, 5) is 12.5. The molecule has 1 unspecified atom stereocenters. The fraction of sp³-hybridized carbons (Fsp3) is 0.310. The molecule has 1 aromatic heterocycles. The molecule has 4 aromatic rings. The Morgan fingerprint density at radius 2 is 1.89 bits per heavy atom. The van der Waals surface area contributed by atoms with Crippen molar-refractivity contribution < 1.29 is 13.9 Å². The minimum atomic E-state index is -0.378. The van der Waals surface area contributed by atoms with Gasteiger partial charge in [0.15, 0.2) is 0 Å². The van der Waals surface area contributed by atoms with Crippen molar-refractivity contribution in [3.05, 3.63) is 77.7 Å². The summed E-state index contributed by atoms with van der Waals surface area (Å²) in [6, 6.07) is 17.4. The van der Waals surface area contributed by atoms with Crippen molar-refractivity contribution >= 4 is 22.5 Å². The molecule has 1 atom stereocenters. The SMILES string of the molecule is Cc1c(F)cc(C(=O)NC2CC2)cc1-c1ccc2c(cnn2-c2ccc(NC3CCCCO3)cc2)c1. The molecule has 1 amide bonds. The molecule has 2 heterocycles. The molecule has 2 aliphatic rings. The van der Waals surface area contributed by atoms with Crippen LogP contribution in [0.4, 0.5) is 10.1 Å². The maximum Gasteiger partial charge on any atom is 0.251 e. The zero-order valence-electron chi connectivity index (χ0n) is 20.3. The van der Waals surface area contributed by atoms with Gasteiger partial charge in [-0.25, -0.2) is 9.07 Å². The minimum absolute atomic E-state index is 0.0696. The largest absolute Gasteiger partial charge is 0.360 e. The number of hydrogen-bond donors (Lipinski definition) is 2. The number of ether oxygens (including phenoxy) is 1. The van der Waals surface area contributed by atoms with Gasteiger partial charge in [0, 0.05) is 29.3 Å². The number of hydrogen-bond acceptors (Lipinski definition) is 4. The van der Waals surface area contributed by atoms with Gasteiger partial charge in [0.05, 0.1) is 17.4 Å². The van der Waals surface area contributed by atoms with Gasteiger partial charge in [0.2, 0.25) is 0 Å². The van der Waals surface area contributed by atoms with Crippen molar-refractivity contribution in [3.63, 3.8) is 0 Å². The first-order chi connectivity index (χ1) is 17.5. The number of benzene rings is 3. The Morgan fingerprint density at radius 1 is 1.06 bits per heavy atom. The monoisotopic (exact) mass is 484 g/mol. The summed E-state index contributed by atoms with van der Waals surface area (Å²) in [6.07, 6.45) is 7.19. The highest BCUT2D eigenvalue weighted by Crippen LogP contribution is 2.31. The number of carbonyl (C=O) groups excluding carboxylic acids is 1. The van der Waals surface area contributed by atoms with Crippen LogP contribution in [0.3, 0.4) is 0 Å². The Bertz CT molecular complexity index is 1420. The molecular formula is C29H29FN4O2. The summed E-state index contributed by atoms with van der Waals surface area (Å²) < 4.78 is 22.4. The van der Waals surface area contributed by atoms with E-state index >= 15 is 0 Å². The number of aromatic nitrogens is 2. The minimum Gasteiger partial charge on any atom is -0.360 e. The lowest BCUT2D eigenvalue weighted by molar-refractivity contribution is 0.0343. The second-order valence-corrected chi connectivity index (χ2v) is 9.75. The molecule has 36 heavy (non-hydrogen) atoms. The number of rotatable bonds is 6. The third kappa shape index (κ3) is 4.58. The number of amides is 1. The van der Waals surface area contributed by atoms with Crippen LogP contribution in [-0.4, -0.2) is 34.6 Å². The molecule has 7 heteroatoms. The predicted octanol–water partition coefficient (Wildman–Crippen LogP) is 5.97. The molecule has 0 spiro atoms. The van der Waals surface area contributed by atoms with E-state index in [4.69, 9.17) is 4.74 Å². The van der Waals surface area contributed by atoms with Gasteiger partial charge >= 0.3 is 0 Å². The average Bonchev–Trinajstić information content (AvgIpc) is 3.61. The normalized spacial score (nSPS) is 17.8. The van der Waals surface area contributed by atoms with Crippen LogP contribution >= 0.6 is 0 Å². The van der Waals surface area contributed by atoms with Crippen molar-refractivity contribution in [2.75, 3.05) is 11.9 Å². The van der Waals surface area contributed by atoms with E-state index < -0.39 is 0 Å². The molecule has 2 fully saturated rings. The van der Waals surface area contributed by atoms with Crippen LogP contribution < -0.4 is 10.6 Å². The van der Waals surface area contributed by atoms with Crippen LogP contribution in [0, 0.1) is 12.7 Å². The van der Waals surface area contributed by atoms with Crippen molar-refractivity contribution in [2.24, 2.45) is 0 Å². The summed E-state index contributed by atoms with van der Waals surface area (Å²) in [5.74, 6) is -0.601. The quantitative estimate of drug-likeness (QED) is 0.354. The molecule has 184 valence electrons. The summed E-state index contributed by atoms with van der Waals surface area (Å²) in [7, 11) is 0. The molecule has 6 rings (SSSR count). The zero-order chi connectivity index (χ0) is 24.6. The van der Waals surface area contributed by atoms with E-state index in [1.54, 1.807) is 13.0 Å². The third-order valence-electron chi connectivity index (χ3n) is 7.02. The molecule has 1 saturated carbocycles. The first-order valence-corrected chi connectivity index (χ1v) is 12.6. The van der Waals surface area contributed by atoms with Crippen LogP contribution in [0.2, 0.25) is 0 Å². The molecular weight excluding hydrogens is 455 g/mol. The first kappa shape index (κ1) is 22.7. The second-order valence-electron chi connectivity index (χ2n) is 9.75. The van der Waals surface area contributed by atoms with Gasteiger partial charge < -0.3 is 15.4 Å². The molecule has 0 radical (unpaired) electrons. The van der Waals surface area contributed by atoms with E-state index in [1.807, 2.05) is 53.3 Å². The highest BCUT2D eigenvalue weighted by atomic mass is 19.1. The van der Waals surface area contributed by atoms with E-state index in [2.05, 4.69) is 15.7 Å². The zero-order valence-corrected chi connectivity index (χ0v) is 20.3. The molecule has 1 aliphatic heterocycles. The Hall–Kier alpha value is -3.71. The van der Waals surface area contributed by atoms with Crippen LogP contribution in [0.5, 0.6) is 0 Å². The van der Waals surface area contributed by atoms with Crippen LogP contribution in [0.15, 0.2) is 60.8 Å². The van der Waals surface area contributed by atoms with E-state index in [-0.39, 0.29) is 24.0 Å². The smallest absolute Gasteiger partial charge is 0.251 e. The highest BCUT2D eigenvalue weighted by molar-refractivity contribution is 5.96. The van der Waals surface area contributed by atoms with Gasteiger partial charge in [-0.2, -0.15) is 5.10 Å². The van der Waals surface area contributed by atoms with E-state index in [0.29, 0.717) is 16.7 Å². The van der Waals surface area contributed by atoms with E-state index in [1.165, 1.54) is 12.5 Å². The Morgan fingerprint density at radius 3 is 2.64 bits per heavy atom. The second kappa shape index (κ2) is 9.39.